The molecule has 2 amide bonds. The number of hydrogen-bond donors (Lipinski definition) is 1. The molecule has 8 heteroatoms. The monoisotopic (exact) mass is 486 g/mol. The molecule has 1 saturated heterocycles. The zero-order valence-electron chi connectivity index (χ0n) is 19.6. The van der Waals surface area contributed by atoms with Crippen molar-refractivity contribution in [3.05, 3.63) is 92.7 Å². The van der Waals surface area contributed by atoms with Gasteiger partial charge in [0.05, 0.1) is 29.4 Å². The second kappa shape index (κ2) is 9.46. The fourth-order valence-electron chi connectivity index (χ4n) is 4.74. The fourth-order valence-corrected chi connectivity index (χ4v) is 5.62. The molecule has 1 N–H and O–H groups in total. The molecule has 2 atom stereocenters. The summed E-state index contributed by atoms with van der Waals surface area (Å²) in [5.74, 6) is -0.0485. The van der Waals surface area contributed by atoms with Crippen LogP contribution in [-0.2, 0) is 16.1 Å². The Morgan fingerprint density at radius 3 is 2.63 bits per heavy atom. The van der Waals surface area contributed by atoms with E-state index < -0.39 is 12.0 Å². The molecule has 0 radical (unpaired) electrons. The molecule has 0 bridgehead atoms. The average Bonchev–Trinajstić information content (AvgIpc) is 3.39. The number of carbonyl (C=O) groups is 2. The predicted octanol–water partition coefficient (Wildman–Crippen LogP) is 4.44. The van der Waals surface area contributed by atoms with Gasteiger partial charge in [-0.3, -0.25) is 14.4 Å². The van der Waals surface area contributed by atoms with Gasteiger partial charge in [-0.05, 0) is 49.1 Å². The Labute approximate surface area is 207 Å². The maximum Gasteiger partial charge on any atom is 0.258 e. The highest BCUT2D eigenvalue weighted by molar-refractivity contribution is 7.10. The summed E-state index contributed by atoms with van der Waals surface area (Å²) in [6, 6.07) is 18.5. The van der Waals surface area contributed by atoms with Gasteiger partial charge in [-0.25, -0.2) is 4.98 Å². The van der Waals surface area contributed by atoms with E-state index in [2.05, 4.69) is 9.97 Å². The lowest BCUT2D eigenvalue weighted by Gasteiger charge is -2.41. The van der Waals surface area contributed by atoms with Gasteiger partial charge in [0.1, 0.15) is 5.82 Å². The maximum atomic E-state index is 13.8. The van der Waals surface area contributed by atoms with E-state index in [0.717, 1.165) is 16.1 Å². The number of aromatic nitrogens is 2. The van der Waals surface area contributed by atoms with Gasteiger partial charge in [0.2, 0.25) is 11.8 Å². The van der Waals surface area contributed by atoms with Crippen LogP contribution < -0.4 is 10.5 Å². The lowest BCUT2D eigenvalue weighted by molar-refractivity contribution is -0.137. The van der Waals surface area contributed by atoms with Gasteiger partial charge >= 0.3 is 0 Å². The quantitative estimate of drug-likeness (QED) is 0.452. The van der Waals surface area contributed by atoms with Crippen molar-refractivity contribution in [3.8, 4) is 0 Å². The number of aromatic amines is 1. The van der Waals surface area contributed by atoms with Gasteiger partial charge in [0.25, 0.3) is 5.56 Å². The van der Waals surface area contributed by atoms with Crippen LogP contribution >= 0.6 is 11.3 Å². The van der Waals surface area contributed by atoms with E-state index in [-0.39, 0.29) is 23.9 Å². The van der Waals surface area contributed by atoms with Gasteiger partial charge in [-0.15, -0.1) is 11.3 Å². The normalized spacial score (nSPS) is 18.1. The molecule has 1 aliphatic heterocycles. The van der Waals surface area contributed by atoms with Gasteiger partial charge in [0, 0.05) is 24.0 Å². The van der Waals surface area contributed by atoms with Crippen LogP contribution in [0.25, 0.3) is 10.9 Å². The van der Waals surface area contributed by atoms with Crippen molar-refractivity contribution in [2.24, 2.45) is 5.92 Å². The van der Waals surface area contributed by atoms with Crippen LogP contribution in [0.3, 0.4) is 0 Å². The zero-order chi connectivity index (χ0) is 24.5. The highest BCUT2D eigenvalue weighted by atomic mass is 32.1. The number of fused-ring (bicyclic) bond motifs is 1. The number of piperidine rings is 1. The average molecular weight is 487 g/mol. The van der Waals surface area contributed by atoms with Crippen LogP contribution in [0.5, 0.6) is 0 Å². The first kappa shape index (κ1) is 23.0. The van der Waals surface area contributed by atoms with Crippen molar-refractivity contribution >= 4 is 39.7 Å². The lowest BCUT2D eigenvalue weighted by atomic mass is 9.86. The van der Waals surface area contributed by atoms with E-state index in [0.29, 0.717) is 29.6 Å². The molecule has 35 heavy (non-hydrogen) atoms. The molecule has 3 heterocycles. The summed E-state index contributed by atoms with van der Waals surface area (Å²) < 4.78 is 0. The number of para-hydroxylation sites is 1. The number of rotatable bonds is 5. The summed E-state index contributed by atoms with van der Waals surface area (Å²) in [6.07, 6.45) is 0.764. The molecular formula is C27H26N4O3S. The van der Waals surface area contributed by atoms with Crippen molar-refractivity contribution in [1.82, 2.24) is 14.9 Å². The van der Waals surface area contributed by atoms with E-state index in [1.807, 2.05) is 54.8 Å². The SMILES string of the molecule is Cc1ccc(N2C(=O)CCC(C(=O)N(C)Cc3nc4ccccc4c(=O)[nH]3)C2c2cccs2)cc1. The minimum atomic E-state index is -0.412. The van der Waals surface area contributed by atoms with Gasteiger partial charge in [-0.2, -0.15) is 0 Å². The van der Waals surface area contributed by atoms with E-state index in [9.17, 15) is 14.4 Å². The van der Waals surface area contributed by atoms with E-state index in [1.165, 1.54) is 0 Å². The minimum absolute atomic E-state index is 0.0134. The first-order valence-electron chi connectivity index (χ1n) is 11.6. The number of nitrogens with one attached hydrogen (secondary N) is 1. The van der Waals surface area contributed by atoms with Crippen LogP contribution in [-0.4, -0.2) is 33.7 Å². The second-order valence-corrected chi connectivity index (χ2v) is 9.91. The topological polar surface area (TPSA) is 86.4 Å². The Hall–Kier alpha value is -3.78. The van der Waals surface area contributed by atoms with Crippen molar-refractivity contribution in [3.63, 3.8) is 0 Å². The standard InChI is InChI=1S/C27H26N4O3S/c1-17-9-11-18(12-10-17)31-24(32)14-13-20(25(31)22-8-5-15-35-22)27(34)30(2)16-23-28-21-7-4-3-6-19(21)26(33)29-23/h3-12,15,20,25H,13-14,16H2,1-2H3,(H,28,29,33). The minimum Gasteiger partial charge on any atom is -0.338 e. The number of hydrogen-bond acceptors (Lipinski definition) is 5. The maximum absolute atomic E-state index is 13.8. The van der Waals surface area contributed by atoms with Crippen LogP contribution in [0.15, 0.2) is 70.8 Å². The molecule has 2 aromatic heterocycles. The van der Waals surface area contributed by atoms with Crippen LogP contribution in [0, 0.1) is 12.8 Å². The molecule has 1 fully saturated rings. The number of carbonyl (C=O) groups excluding carboxylic acids is 2. The third-order valence-electron chi connectivity index (χ3n) is 6.49. The Kier molecular flexibility index (Phi) is 6.21. The van der Waals surface area contributed by atoms with Gasteiger partial charge in [-0.1, -0.05) is 35.9 Å². The number of amides is 2. The van der Waals surface area contributed by atoms with Crippen LogP contribution in [0.1, 0.15) is 35.1 Å². The molecule has 0 saturated carbocycles. The van der Waals surface area contributed by atoms with Crippen molar-refractivity contribution in [2.75, 3.05) is 11.9 Å². The Bertz CT molecular complexity index is 1430. The number of nitrogens with zero attached hydrogens (tertiary/aromatic N) is 3. The molecule has 2 unspecified atom stereocenters. The molecular weight excluding hydrogens is 460 g/mol. The van der Waals surface area contributed by atoms with Crippen LogP contribution in [0.4, 0.5) is 5.69 Å². The van der Waals surface area contributed by atoms with Crippen molar-refractivity contribution in [1.29, 1.82) is 0 Å². The first-order chi connectivity index (χ1) is 16.9. The first-order valence-corrected chi connectivity index (χ1v) is 12.5. The highest BCUT2D eigenvalue weighted by Gasteiger charge is 2.43. The summed E-state index contributed by atoms with van der Waals surface area (Å²) in [5, 5.41) is 2.49. The summed E-state index contributed by atoms with van der Waals surface area (Å²) >= 11 is 1.55. The number of anilines is 1. The highest BCUT2D eigenvalue weighted by Crippen LogP contribution is 2.42. The third-order valence-corrected chi connectivity index (χ3v) is 7.43. The Balaban J connectivity index is 1.46. The summed E-state index contributed by atoms with van der Waals surface area (Å²) in [7, 11) is 1.72. The summed E-state index contributed by atoms with van der Waals surface area (Å²) in [6.45, 7) is 2.18. The summed E-state index contributed by atoms with van der Waals surface area (Å²) in [5.41, 5.74) is 2.27. The second-order valence-electron chi connectivity index (χ2n) is 8.93. The zero-order valence-corrected chi connectivity index (χ0v) is 20.4. The molecule has 178 valence electrons. The third kappa shape index (κ3) is 4.49. The van der Waals surface area contributed by atoms with Crippen molar-refractivity contribution in [2.45, 2.75) is 32.4 Å². The molecule has 0 spiro atoms. The van der Waals surface area contributed by atoms with Crippen LogP contribution in [0.2, 0.25) is 0 Å². The molecule has 4 aromatic rings. The van der Waals surface area contributed by atoms with E-state index in [1.54, 1.807) is 46.4 Å². The Morgan fingerprint density at radius 2 is 1.89 bits per heavy atom. The molecule has 1 aliphatic rings. The van der Waals surface area contributed by atoms with E-state index in [4.69, 9.17) is 0 Å². The van der Waals surface area contributed by atoms with Gasteiger partial charge in [0.15, 0.2) is 0 Å². The number of benzene rings is 2. The van der Waals surface area contributed by atoms with E-state index >= 15 is 0 Å². The smallest absolute Gasteiger partial charge is 0.258 e. The number of thiophene rings is 1. The number of aryl methyl sites for hydroxylation is 1. The fraction of sp³-hybridized carbons (Fsp3) is 0.259. The largest absolute Gasteiger partial charge is 0.338 e. The number of H-pyrrole nitrogens is 1. The molecule has 7 nitrogen and oxygen atoms in total. The molecule has 5 rings (SSSR count). The lowest BCUT2D eigenvalue weighted by Crippen LogP contribution is -2.48. The summed E-state index contributed by atoms with van der Waals surface area (Å²) in [4.78, 5) is 51.1. The molecule has 0 aliphatic carbocycles. The predicted molar refractivity (Wildman–Crippen MR) is 137 cm³/mol. The van der Waals surface area contributed by atoms with Gasteiger partial charge < -0.3 is 14.8 Å². The molecule has 2 aromatic carbocycles. The van der Waals surface area contributed by atoms with Crippen molar-refractivity contribution < 1.29 is 9.59 Å². The Morgan fingerprint density at radius 1 is 1.11 bits per heavy atom.